The fraction of sp³-hybridized carbons (Fsp3) is 0.500. The summed E-state index contributed by atoms with van der Waals surface area (Å²) in [6.07, 6.45) is 2.82. The maximum Gasteiger partial charge on any atom is 0.410 e. The molecule has 1 aromatic carbocycles. The van der Waals surface area contributed by atoms with Gasteiger partial charge in [-0.2, -0.15) is 5.10 Å². The number of piperidine rings is 1. The van der Waals surface area contributed by atoms with Crippen molar-refractivity contribution >= 4 is 11.9 Å². The normalized spacial score (nSPS) is 18.0. The van der Waals surface area contributed by atoms with Crippen molar-refractivity contribution in [2.75, 3.05) is 20.2 Å². The Bertz CT molecular complexity index is 967. The molecule has 1 aromatic heterocycles. The number of aromatic nitrogens is 2. The van der Waals surface area contributed by atoms with E-state index in [4.69, 9.17) is 14.2 Å². The summed E-state index contributed by atoms with van der Waals surface area (Å²) in [6, 6.07) is 7.45. The average Bonchev–Trinajstić information content (AvgIpc) is 3.11. The molecule has 1 fully saturated rings. The predicted octanol–water partition coefficient (Wildman–Crippen LogP) is 3.62. The molecule has 30 heavy (non-hydrogen) atoms. The number of ketones is 1. The van der Waals surface area contributed by atoms with Crippen LogP contribution in [-0.4, -0.2) is 58.0 Å². The number of benzene rings is 1. The molecule has 8 nitrogen and oxygen atoms in total. The molecule has 0 atom stereocenters. The molecular formula is C22H27N3O5. The number of fused-ring (bicyclic) bond motifs is 1. The van der Waals surface area contributed by atoms with Gasteiger partial charge >= 0.3 is 6.09 Å². The summed E-state index contributed by atoms with van der Waals surface area (Å²) in [6.45, 7) is 6.52. The lowest BCUT2D eigenvalue weighted by atomic mass is 9.84. The Hall–Kier alpha value is -3.03. The molecule has 0 saturated carbocycles. The van der Waals surface area contributed by atoms with Gasteiger partial charge in [-0.1, -0.05) is 6.07 Å². The molecule has 2 aliphatic heterocycles. The van der Waals surface area contributed by atoms with E-state index in [2.05, 4.69) is 5.10 Å². The second-order valence-electron chi connectivity index (χ2n) is 8.84. The summed E-state index contributed by atoms with van der Waals surface area (Å²) in [5.41, 5.74) is -0.00946. The second kappa shape index (κ2) is 7.34. The van der Waals surface area contributed by atoms with Crippen molar-refractivity contribution in [2.24, 2.45) is 0 Å². The molecule has 2 aliphatic rings. The molecule has 8 heteroatoms. The van der Waals surface area contributed by atoms with Crippen molar-refractivity contribution in [2.45, 2.75) is 51.2 Å². The highest BCUT2D eigenvalue weighted by molar-refractivity contribution is 5.98. The van der Waals surface area contributed by atoms with Gasteiger partial charge < -0.3 is 19.1 Å². The SMILES string of the molecule is COc1cccc(-n2cc3c(n2)C(=O)CC2(CCN(C(=O)OC(C)(C)C)CC2)O3)c1. The summed E-state index contributed by atoms with van der Waals surface area (Å²) in [5.74, 6) is 1.16. The minimum atomic E-state index is -0.606. The van der Waals surface area contributed by atoms with Crippen molar-refractivity contribution in [3.05, 3.63) is 36.2 Å². The van der Waals surface area contributed by atoms with Gasteiger partial charge in [0.25, 0.3) is 0 Å². The van der Waals surface area contributed by atoms with Crippen LogP contribution in [0.15, 0.2) is 30.5 Å². The highest BCUT2D eigenvalue weighted by Crippen LogP contribution is 2.39. The van der Waals surface area contributed by atoms with Crippen LogP contribution in [-0.2, 0) is 4.74 Å². The number of Topliss-reactive ketones (excluding diaryl/α,β-unsaturated/α-hetero) is 1. The number of hydrogen-bond acceptors (Lipinski definition) is 6. The Kier molecular flexibility index (Phi) is 4.95. The van der Waals surface area contributed by atoms with Gasteiger partial charge in [-0.15, -0.1) is 0 Å². The standard InChI is InChI=1S/C22H27N3O5/c1-21(2,3)30-20(27)24-10-8-22(9-11-24)13-17(26)19-18(29-22)14-25(23-19)15-6-5-7-16(12-15)28-4/h5-7,12,14H,8-11,13H2,1-4H3. The zero-order chi connectivity index (χ0) is 21.5. The summed E-state index contributed by atoms with van der Waals surface area (Å²) < 4.78 is 18.7. The van der Waals surface area contributed by atoms with Gasteiger partial charge in [0.1, 0.15) is 17.0 Å². The lowest BCUT2D eigenvalue weighted by Crippen LogP contribution is -2.52. The third kappa shape index (κ3) is 3.99. The Morgan fingerprint density at radius 3 is 2.63 bits per heavy atom. The highest BCUT2D eigenvalue weighted by Gasteiger charge is 2.45. The third-order valence-electron chi connectivity index (χ3n) is 5.40. The van der Waals surface area contributed by atoms with E-state index < -0.39 is 11.2 Å². The minimum Gasteiger partial charge on any atom is -0.497 e. The number of carbonyl (C=O) groups excluding carboxylic acids is 2. The lowest BCUT2D eigenvalue weighted by molar-refractivity contribution is -0.0226. The first kappa shape index (κ1) is 20.3. The number of ether oxygens (including phenoxy) is 3. The van der Waals surface area contributed by atoms with Gasteiger partial charge in [0.2, 0.25) is 0 Å². The maximum atomic E-state index is 12.8. The van der Waals surface area contributed by atoms with Crippen LogP contribution in [0.25, 0.3) is 5.69 Å². The van der Waals surface area contributed by atoms with Crippen LogP contribution in [0.5, 0.6) is 11.5 Å². The van der Waals surface area contributed by atoms with Gasteiger partial charge in [0.05, 0.1) is 25.4 Å². The van der Waals surface area contributed by atoms with E-state index in [0.29, 0.717) is 43.1 Å². The molecule has 160 valence electrons. The topological polar surface area (TPSA) is 82.9 Å². The van der Waals surface area contributed by atoms with Gasteiger partial charge in [-0.3, -0.25) is 4.79 Å². The number of carbonyl (C=O) groups is 2. The number of methoxy groups -OCH3 is 1. The fourth-order valence-electron chi connectivity index (χ4n) is 3.86. The molecule has 4 rings (SSSR count). The number of likely N-dealkylation sites (tertiary alicyclic amines) is 1. The van der Waals surface area contributed by atoms with Gasteiger partial charge in [0.15, 0.2) is 17.2 Å². The van der Waals surface area contributed by atoms with E-state index >= 15 is 0 Å². The Morgan fingerprint density at radius 2 is 1.97 bits per heavy atom. The molecule has 1 amide bonds. The van der Waals surface area contributed by atoms with Crippen LogP contribution in [0.4, 0.5) is 4.79 Å². The highest BCUT2D eigenvalue weighted by atomic mass is 16.6. The number of hydrogen-bond donors (Lipinski definition) is 0. The molecule has 0 radical (unpaired) electrons. The van der Waals surface area contributed by atoms with Crippen molar-refractivity contribution in [1.82, 2.24) is 14.7 Å². The zero-order valence-electron chi connectivity index (χ0n) is 17.8. The van der Waals surface area contributed by atoms with Crippen molar-refractivity contribution in [1.29, 1.82) is 0 Å². The van der Waals surface area contributed by atoms with Crippen molar-refractivity contribution < 1.29 is 23.8 Å². The molecule has 1 spiro atoms. The number of nitrogens with zero attached hydrogens (tertiary/aromatic N) is 3. The first-order valence-electron chi connectivity index (χ1n) is 10.1. The zero-order valence-corrected chi connectivity index (χ0v) is 17.8. The Balaban J connectivity index is 1.50. The first-order valence-corrected chi connectivity index (χ1v) is 10.1. The quantitative estimate of drug-likeness (QED) is 0.748. The van der Waals surface area contributed by atoms with Crippen LogP contribution < -0.4 is 9.47 Å². The predicted molar refractivity (Wildman–Crippen MR) is 109 cm³/mol. The fourth-order valence-corrected chi connectivity index (χ4v) is 3.86. The second-order valence-corrected chi connectivity index (χ2v) is 8.84. The summed E-state index contributed by atoms with van der Waals surface area (Å²) in [7, 11) is 1.60. The smallest absolute Gasteiger partial charge is 0.410 e. The average molecular weight is 413 g/mol. The molecule has 0 N–H and O–H groups in total. The molecule has 1 saturated heterocycles. The number of rotatable bonds is 2. The summed E-state index contributed by atoms with van der Waals surface area (Å²) >= 11 is 0. The van der Waals surface area contributed by atoms with E-state index in [0.717, 1.165) is 5.69 Å². The molecule has 3 heterocycles. The van der Waals surface area contributed by atoms with Gasteiger partial charge in [0, 0.05) is 32.0 Å². The monoisotopic (exact) mass is 413 g/mol. The third-order valence-corrected chi connectivity index (χ3v) is 5.40. The minimum absolute atomic E-state index is 0.0383. The van der Waals surface area contributed by atoms with Crippen LogP contribution in [0, 0.1) is 0 Å². The van der Waals surface area contributed by atoms with E-state index in [1.165, 1.54) is 0 Å². The number of amides is 1. The van der Waals surface area contributed by atoms with Crippen molar-refractivity contribution in [3.63, 3.8) is 0 Å². The van der Waals surface area contributed by atoms with Crippen molar-refractivity contribution in [3.8, 4) is 17.2 Å². The molecular weight excluding hydrogens is 386 g/mol. The van der Waals surface area contributed by atoms with E-state index in [9.17, 15) is 9.59 Å². The first-order chi connectivity index (χ1) is 14.2. The summed E-state index contributed by atoms with van der Waals surface area (Å²) in [4.78, 5) is 26.9. The molecule has 0 unspecified atom stereocenters. The Morgan fingerprint density at radius 1 is 1.23 bits per heavy atom. The van der Waals surface area contributed by atoms with Crippen LogP contribution in [0.1, 0.15) is 50.5 Å². The van der Waals surface area contributed by atoms with Crippen LogP contribution in [0.2, 0.25) is 0 Å². The van der Waals surface area contributed by atoms with Crippen LogP contribution >= 0.6 is 0 Å². The van der Waals surface area contributed by atoms with Crippen LogP contribution in [0.3, 0.4) is 0 Å². The molecule has 0 bridgehead atoms. The molecule has 0 aliphatic carbocycles. The van der Waals surface area contributed by atoms with E-state index in [-0.39, 0.29) is 18.3 Å². The van der Waals surface area contributed by atoms with E-state index in [1.807, 2.05) is 45.0 Å². The Labute approximate surface area is 175 Å². The van der Waals surface area contributed by atoms with Gasteiger partial charge in [-0.05, 0) is 32.9 Å². The maximum absolute atomic E-state index is 12.8. The van der Waals surface area contributed by atoms with E-state index in [1.54, 1.807) is 22.9 Å². The largest absolute Gasteiger partial charge is 0.497 e. The summed E-state index contributed by atoms with van der Waals surface area (Å²) in [5, 5.41) is 4.44. The van der Waals surface area contributed by atoms with Gasteiger partial charge in [-0.25, -0.2) is 9.48 Å². The molecule has 2 aromatic rings. The lowest BCUT2D eigenvalue weighted by Gasteiger charge is -2.43.